The Morgan fingerprint density at radius 2 is 2.54 bits per heavy atom. The van der Waals surface area contributed by atoms with Gasteiger partial charge in [-0.3, -0.25) is 0 Å². The van der Waals surface area contributed by atoms with Gasteiger partial charge in [0.1, 0.15) is 0 Å². The molecule has 72 valence electrons. The van der Waals surface area contributed by atoms with Gasteiger partial charge in [-0.2, -0.15) is 5.10 Å². The summed E-state index contributed by atoms with van der Waals surface area (Å²) in [6.07, 6.45) is 7.44. The second kappa shape index (κ2) is 5.31. The number of hydrogen-bond acceptors (Lipinski definition) is 3. The first-order valence-corrected chi connectivity index (χ1v) is 4.16. The zero-order valence-corrected chi connectivity index (χ0v) is 7.27. The normalized spacial score (nSPS) is 22.9. The molecule has 0 bridgehead atoms. The van der Waals surface area contributed by atoms with Crippen LogP contribution < -0.4 is 11.2 Å². The minimum absolute atomic E-state index is 0.194. The van der Waals surface area contributed by atoms with Crippen LogP contribution in [0, 0.1) is 0 Å². The topological polar surface area (TPSA) is 76.7 Å². The molecule has 0 aliphatic carbocycles. The van der Waals surface area contributed by atoms with Gasteiger partial charge in [0.05, 0.1) is 6.10 Å². The van der Waals surface area contributed by atoms with Gasteiger partial charge in [-0.25, -0.2) is 10.2 Å². The summed E-state index contributed by atoms with van der Waals surface area (Å²) in [5.41, 5.74) is 6.87. The molecule has 2 amide bonds. The number of carbonyl (C=O) groups is 1. The molecule has 0 radical (unpaired) electrons. The third-order valence-electron chi connectivity index (χ3n) is 1.63. The fourth-order valence-electron chi connectivity index (χ4n) is 1.07. The highest BCUT2D eigenvalue weighted by Crippen LogP contribution is 2.12. The van der Waals surface area contributed by atoms with Gasteiger partial charge in [-0.05, 0) is 18.9 Å². The van der Waals surface area contributed by atoms with Crippen LogP contribution >= 0.6 is 0 Å². The van der Waals surface area contributed by atoms with Gasteiger partial charge in [0.25, 0.3) is 0 Å². The summed E-state index contributed by atoms with van der Waals surface area (Å²) in [5.74, 6) is 0. The minimum Gasteiger partial charge on any atom is -0.374 e. The largest absolute Gasteiger partial charge is 0.374 e. The zero-order valence-electron chi connectivity index (χ0n) is 7.27. The van der Waals surface area contributed by atoms with Crippen LogP contribution in [0.15, 0.2) is 17.3 Å². The Hall–Kier alpha value is -1.36. The molecule has 5 nitrogen and oxygen atoms in total. The van der Waals surface area contributed by atoms with E-state index >= 15 is 0 Å². The number of amides is 2. The highest BCUT2D eigenvalue weighted by molar-refractivity contribution is 5.75. The Morgan fingerprint density at radius 1 is 1.69 bits per heavy atom. The number of nitrogens with two attached hydrogens (primary N) is 1. The number of allylic oxidation sites excluding steroid dienone is 1. The van der Waals surface area contributed by atoms with E-state index in [-0.39, 0.29) is 6.10 Å². The highest BCUT2D eigenvalue weighted by Gasteiger charge is 2.10. The molecule has 1 saturated heterocycles. The summed E-state index contributed by atoms with van der Waals surface area (Å²) >= 11 is 0. The van der Waals surface area contributed by atoms with E-state index in [4.69, 9.17) is 10.5 Å². The molecule has 1 aliphatic heterocycles. The Balaban J connectivity index is 2.16. The quantitative estimate of drug-likeness (QED) is 0.490. The summed E-state index contributed by atoms with van der Waals surface area (Å²) in [6.45, 7) is 0.825. The average Bonchev–Trinajstić information content (AvgIpc) is 2.55. The molecule has 1 atom stereocenters. The van der Waals surface area contributed by atoms with E-state index in [1.54, 1.807) is 6.08 Å². The molecule has 3 N–H and O–H groups in total. The SMILES string of the molecule is NC(=O)NN=CC=CC1CCCO1. The first kappa shape index (κ1) is 9.73. The second-order valence-electron chi connectivity index (χ2n) is 2.69. The van der Waals surface area contributed by atoms with Crippen LogP contribution in [0.25, 0.3) is 0 Å². The molecule has 1 unspecified atom stereocenters. The highest BCUT2D eigenvalue weighted by atomic mass is 16.5. The number of rotatable bonds is 3. The fourth-order valence-corrected chi connectivity index (χ4v) is 1.07. The third-order valence-corrected chi connectivity index (χ3v) is 1.63. The monoisotopic (exact) mass is 183 g/mol. The molecule has 13 heavy (non-hydrogen) atoms. The maximum absolute atomic E-state index is 10.2. The molecule has 1 rings (SSSR count). The van der Waals surface area contributed by atoms with Gasteiger partial charge in [0.2, 0.25) is 0 Å². The molecule has 0 aromatic carbocycles. The van der Waals surface area contributed by atoms with Crippen molar-refractivity contribution in [1.82, 2.24) is 5.43 Å². The van der Waals surface area contributed by atoms with Crippen LogP contribution in [-0.4, -0.2) is 25.0 Å². The van der Waals surface area contributed by atoms with Crippen molar-refractivity contribution in [2.24, 2.45) is 10.8 Å². The molecule has 0 aromatic heterocycles. The summed E-state index contributed by atoms with van der Waals surface area (Å²) in [5, 5.41) is 3.54. The molecule has 1 fully saturated rings. The van der Waals surface area contributed by atoms with Crippen molar-refractivity contribution in [2.75, 3.05) is 6.61 Å². The van der Waals surface area contributed by atoms with Crippen molar-refractivity contribution in [1.29, 1.82) is 0 Å². The Labute approximate surface area is 76.6 Å². The number of carbonyl (C=O) groups excluding carboxylic acids is 1. The Kier molecular flexibility index (Phi) is 3.98. The van der Waals surface area contributed by atoms with Crippen molar-refractivity contribution in [3.05, 3.63) is 12.2 Å². The van der Waals surface area contributed by atoms with Crippen molar-refractivity contribution in [3.63, 3.8) is 0 Å². The number of ether oxygens (including phenoxy) is 1. The standard InChI is InChI=1S/C8H13N3O2/c9-8(12)11-10-5-1-3-7-4-2-6-13-7/h1,3,5,7H,2,4,6H2,(H3,9,11,12). The lowest BCUT2D eigenvalue weighted by Crippen LogP contribution is -2.24. The first-order chi connectivity index (χ1) is 6.29. The van der Waals surface area contributed by atoms with E-state index in [1.807, 2.05) is 6.08 Å². The van der Waals surface area contributed by atoms with Gasteiger partial charge in [-0.15, -0.1) is 0 Å². The smallest absolute Gasteiger partial charge is 0.332 e. The Morgan fingerprint density at radius 3 is 3.15 bits per heavy atom. The van der Waals surface area contributed by atoms with Gasteiger partial charge in [-0.1, -0.05) is 6.08 Å². The van der Waals surface area contributed by atoms with Gasteiger partial charge in [0, 0.05) is 12.8 Å². The van der Waals surface area contributed by atoms with E-state index in [0.29, 0.717) is 0 Å². The number of urea groups is 1. The Bertz CT molecular complexity index is 219. The van der Waals surface area contributed by atoms with Crippen LogP contribution in [-0.2, 0) is 4.74 Å². The first-order valence-electron chi connectivity index (χ1n) is 4.16. The van der Waals surface area contributed by atoms with Crippen LogP contribution in [0.3, 0.4) is 0 Å². The molecule has 5 heteroatoms. The third kappa shape index (κ3) is 4.27. The van der Waals surface area contributed by atoms with Crippen molar-refractivity contribution < 1.29 is 9.53 Å². The van der Waals surface area contributed by atoms with E-state index in [0.717, 1.165) is 19.4 Å². The lowest BCUT2D eigenvalue weighted by molar-refractivity contribution is 0.145. The zero-order chi connectivity index (χ0) is 9.52. The van der Waals surface area contributed by atoms with E-state index in [2.05, 4.69) is 10.5 Å². The maximum Gasteiger partial charge on any atom is 0.332 e. The molecule has 1 aliphatic rings. The van der Waals surface area contributed by atoms with E-state index < -0.39 is 6.03 Å². The molecular weight excluding hydrogens is 170 g/mol. The average molecular weight is 183 g/mol. The number of hydrogen-bond donors (Lipinski definition) is 2. The summed E-state index contributed by atoms with van der Waals surface area (Å²) in [7, 11) is 0. The van der Waals surface area contributed by atoms with Crippen LogP contribution in [0.1, 0.15) is 12.8 Å². The molecule has 0 spiro atoms. The maximum atomic E-state index is 10.2. The minimum atomic E-state index is -0.665. The molecular formula is C8H13N3O2. The number of hydrazone groups is 1. The lowest BCUT2D eigenvalue weighted by atomic mass is 10.2. The van der Waals surface area contributed by atoms with Gasteiger partial charge in [0.15, 0.2) is 0 Å². The molecule has 1 heterocycles. The lowest BCUT2D eigenvalue weighted by Gasteiger charge is -1.98. The predicted molar refractivity (Wildman–Crippen MR) is 49.3 cm³/mol. The van der Waals surface area contributed by atoms with Crippen LogP contribution in [0.2, 0.25) is 0 Å². The summed E-state index contributed by atoms with van der Waals surface area (Å²) in [4.78, 5) is 10.2. The number of nitrogens with zero attached hydrogens (tertiary/aromatic N) is 1. The predicted octanol–water partition coefficient (Wildman–Crippen LogP) is 0.376. The van der Waals surface area contributed by atoms with Crippen LogP contribution in [0.5, 0.6) is 0 Å². The fraction of sp³-hybridized carbons (Fsp3) is 0.500. The number of nitrogens with one attached hydrogen (secondary N) is 1. The summed E-state index contributed by atoms with van der Waals surface area (Å²) < 4.78 is 5.32. The van der Waals surface area contributed by atoms with E-state index in [1.165, 1.54) is 6.21 Å². The van der Waals surface area contributed by atoms with Crippen LogP contribution in [0.4, 0.5) is 4.79 Å². The van der Waals surface area contributed by atoms with E-state index in [9.17, 15) is 4.79 Å². The van der Waals surface area contributed by atoms with Crippen molar-refractivity contribution >= 4 is 12.2 Å². The molecule has 0 aromatic rings. The number of primary amides is 1. The van der Waals surface area contributed by atoms with Gasteiger partial charge >= 0.3 is 6.03 Å². The van der Waals surface area contributed by atoms with Crippen molar-refractivity contribution in [3.8, 4) is 0 Å². The molecule has 0 saturated carbocycles. The van der Waals surface area contributed by atoms with Crippen molar-refractivity contribution in [2.45, 2.75) is 18.9 Å². The second-order valence-corrected chi connectivity index (χ2v) is 2.69. The van der Waals surface area contributed by atoms with Gasteiger partial charge < -0.3 is 10.5 Å². The summed E-state index contributed by atoms with van der Waals surface area (Å²) in [6, 6.07) is -0.665.